The van der Waals surface area contributed by atoms with Crippen LogP contribution in [0, 0.1) is 11.7 Å². The van der Waals surface area contributed by atoms with Crippen molar-refractivity contribution in [2.24, 2.45) is 11.7 Å². The van der Waals surface area contributed by atoms with Crippen molar-refractivity contribution < 1.29 is 9.50 Å². The van der Waals surface area contributed by atoms with E-state index in [4.69, 9.17) is 5.73 Å². The first-order chi connectivity index (χ1) is 13.0. The van der Waals surface area contributed by atoms with Gasteiger partial charge in [-0.15, -0.1) is 0 Å². The van der Waals surface area contributed by atoms with Crippen LogP contribution in [0.1, 0.15) is 44.2 Å². The number of halogens is 1. The van der Waals surface area contributed by atoms with E-state index in [0.29, 0.717) is 30.2 Å². The van der Waals surface area contributed by atoms with Gasteiger partial charge in [-0.05, 0) is 31.2 Å². The van der Waals surface area contributed by atoms with E-state index < -0.39 is 23.7 Å². The van der Waals surface area contributed by atoms with E-state index in [1.165, 1.54) is 4.57 Å². The minimum Gasteiger partial charge on any atom is -0.392 e. The topological polar surface area (TPSA) is 104 Å². The summed E-state index contributed by atoms with van der Waals surface area (Å²) < 4.78 is 16.8. The number of nitrogens with one attached hydrogen (secondary N) is 1. The molecular formula is C19H25FN4O3. The van der Waals surface area contributed by atoms with Crippen molar-refractivity contribution in [3.63, 3.8) is 0 Å². The molecule has 0 amide bonds. The van der Waals surface area contributed by atoms with E-state index >= 15 is 4.39 Å². The molecule has 7 nitrogen and oxygen atoms in total. The van der Waals surface area contributed by atoms with Gasteiger partial charge in [0.05, 0.1) is 23.2 Å². The van der Waals surface area contributed by atoms with E-state index in [-0.39, 0.29) is 23.0 Å². The molecule has 1 aliphatic heterocycles. The molecule has 2 fully saturated rings. The standard InChI is InChI=1S/C19H25FN4O3/c1-2-10-5-6-23(8-13(10)21)15-7-14-16(12(9-25)17(15)20)18(26)22-19(27)24(14)11-3-4-11/h7,10-11,13,25H,2-6,8-9,21H2,1H3,(H,22,26,27). The molecule has 0 radical (unpaired) electrons. The summed E-state index contributed by atoms with van der Waals surface area (Å²) in [6.07, 6.45) is 3.52. The van der Waals surface area contributed by atoms with Gasteiger partial charge in [-0.1, -0.05) is 13.3 Å². The molecule has 1 saturated heterocycles. The lowest BCUT2D eigenvalue weighted by Gasteiger charge is -2.38. The number of aromatic amines is 1. The molecule has 2 unspecified atom stereocenters. The summed E-state index contributed by atoms with van der Waals surface area (Å²) in [6.45, 7) is 2.64. The monoisotopic (exact) mass is 376 g/mol. The van der Waals surface area contributed by atoms with E-state index in [9.17, 15) is 14.7 Å². The summed E-state index contributed by atoms with van der Waals surface area (Å²) in [6, 6.07) is 1.52. The third-order valence-electron chi connectivity index (χ3n) is 5.99. The Kier molecular flexibility index (Phi) is 4.55. The Balaban J connectivity index is 1.92. The second kappa shape index (κ2) is 6.76. The molecule has 2 aromatic rings. The van der Waals surface area contributed by atoms with Crippen LogP contribution in [0.3, 0.4) is 0 Å². The van der Waals surface area contributed by atoms with Crippen LogP contribution in [-0.2, 0) is 6.61 Å². The summed E-state index contributed by atoms with van der Waals surface area (Å²) in [5.74, 6) is -0.215. The number of fused-ring (bicyclic) bond motifs is 1. The third-order valence-corrected chi connectivity index (χ3v) is 5.99. The van der Waals surface area contributed by atoms with Crippen LogP contribution in [0.4, 0.5) is 10.1 Å². The number of benzene rings is 1. The molecule has 1 aromatic carbocycles. The summed E-state index contributed by atoms with van der Waals surface area (Å²) in [5, 5.41) is 9.84. The van der Waals surface area contributed by atoms with Gasteiger partial charge in [0.2, 0.25) is 0 Å². The number of hydrogen-bond donors (Lipinski definition) is 3. The Morgan fingerprint density at radius 3 is 2.67 bits per heavy atom. The molecule has 2 atom stereocenters. The number of anilines is 1. The van der Waals surface area contributed by atoms with Gasteiger partial charge in [0.1, 0.15) is 0 Å². The predicted molar refractivity (Wildman–Crippen MR) is 102 cm³/mol. The number of rotatable bonds is 4. The SMILES string of the molecule is CCC1CCN(c2cc3c(c(CO)c2F)c(=O)[nH]c(=O)n3C2CC2)CC1N. The van der Waals surface area contributed by atoms with Gasteiger partial charge in [0.15, 0.2) is 5.82 Å². The quantitative estimate of drug-likeness (QED) is 0.744. The summed E-state index contributed by atoms with van der Waals surface area (Å²) >= 11 is 0. The highest BCUT2D eigenvalue weighted by atomic mass is 19.1. The first-order valence-corrected chi connectivity index (χ1v) is 9.57. The number of aliphatic hydroxyl groups is 1. The fourth-order valence-corrected chi connectivity index (χ4v) is 4.29. The Labute approximate surface area is 155 Å². The highest BCUT2D eigenvalue weighted by Crippen LogP contribution is 2.38. The van der Waals surface area contributed by atoms with Crippen molar-refractivity contribution >= 4 is 16.6 Å². The average molecular weight is 376 g/mol. The van der Waals surface area contributed by atoms with Gasteiger partial charge in [-0.25, -0.2) is 9.18 Å². The number of aromatic nitrogens is 2. The summed E-state index contributed by atoms with van der Waals surface area (Å²) in [5.41, 5.74) is 5.73. The molecule has 0 spiro atoms. The Morgan fingerprint density at radius 1 is 1.33 bits per heavy atom. The molecule has 4 N–H and O–H groups in total. The average Bonchev–Trinajstić information content (AvgIpc) is 3.46. The Bertz CT molecular complexity index is 995. The lowest BCUT2D eigenvalue weighted by Crippen LogP contribution is -2.48. The molecule has 0 bridgehead atoms. The molecule has 4 rings (SSSR count). The lowest BCUT2D eigenvalue weighted by atomic mass is 9.89. The zero-order valence-electron chi connectivity index (χ0n) is 15.4. The highest BCUT2D eigenvalue weighted by molar-refractivity contribution is 5.86. The number of nitrogens with zero attached hydrogens (tertiary/aromatic N) is 2. The van der Waals surface area contributed by atoms with Crippen molar-refractivity contribution in [3.05, 3.63) is 38.3 Å². The van der Waals surface area contributed by atoms with Gasteiger partial charge in [0.25, 0.3) is 5.56 Å². The van der Waals surface area contributed by atoms with Crippen LogP contribution < -0.4 is 21.9 Å². The minimum absolute atomic E-state index is 0.00906. The molecule has 8 heteroatoms. The molecular weight excluding hydrogens is 351 g/mol. The van der Waals surface area contributed by atoms with Crippen LogP contribution in [0.5, 0.6) is 0 Å². The van der Waals surface area contributed by atoms with Crippen LogP contribution in [0.2, 0.25) is 0 Å². The molecule has 27 heavy (non-hydrogen) atoms. The number of H-pyrrole nitrogens is 1. The van der Waals surface area contributed by atoms with E-state index in [2.05, 4.69) is 11.9 Å². The van der Waals surface area contributed by atoms with Crippen LogP contribution >= 0.6 is 0 Å². The lowest BCUT2D eigenvalue weighted by molar-refractivity contribution is 0.277. The first kappa shape index (κ1) is 18.2. The van der Waals surface area contributed by atoms with Gasteiger partial charge in [-0.3, -0.25) is 14.3 Å². The van der Waals surface area contributed by atoms with Gasteiger partial charge in [0, 0.05) is 30.7 Å². The largest absolute Gasteiger partial charge is 0.392 e. The van der Waals surface area contributed by atoms with Crippen molar-refractivity contribution in [3.8, 4) is 0 Å². The number of aliphatic hydroxyl groups excluding tert-OH is 1. The molecule has 2 heterocycles. The zero-order chi connectivity index (χ0) is 19.3. The van der Waals surface area contributed by atoms with Gasteiger partial charge in [-0.2, -0.15) is 0 Å². The zero-order valence-corrected chi connectivity index (χ0v) is 15.4. The maximum atomic E-state index is 15.2. The van der Waals surface area contributed by atoms with Crippen molar-refractivity contribution in [1.82, 2.24) is 9.55 Å². The normalized spacial score (nSPS) is 23.2. The van der Waals surface area contributed by atoms with Gasteiger partial charge >= 0.3 is 5.69 Å². The number of piperidine rings is 1. The third kappa shape index (κ3) is 2.96. The molecule has 1 aromatic heterocycles. The smallest absolute Gasteiger partial charge is 0.329 e. The number of nitrogens with two attached hydrogens (primary N) is 1. The fraction of sp³-hybridized carbons (Fsp3) is 0.579. The Morgan fingerprint density at radius 2 is 2.07 bits per heavy atom. The summed E-state index contributed by atoms with van der Waals surface area (Å²) in [4.78, 5) is 28.9. The number of hydrogen-bond acceptors (Lipinski definition) is 5. The second-order valence-corrected chi connectivity index (χ2v) is 7.67. The minimum atomic E-state index is -0.664. The molecule has 146 valence electrons. The van der Waals surface area contributed by atoms with E-state index in [0.717, 1.165) is 25.7 Å². The van der Waals surface area contributed by atoms with E-state index in [1.54, 1.807) is 6.07 Å². The first-order valence-electron chi connectivity index (χ1n) is 9.57. The second-order valence-electron chi connectivity index (χ2n) is 7.67. The van der Waals surface area contributed by atoms with Crippen molar-refractivity contribution in [2.75, 3.05) is 18.0 Å². The molecule has 2 aliphatic rings. The van der Waals surface area contributed by atoms with Crippen molar-refractivity contribution in [2.45, 2.75) is 51.3 Å². The summed E-state index contributed by atoms with van der Waals surface area (Å²) in [7, 11) is 0. The molecule has 1 aliphatic carbocycles. The predicted octanol–water partition coefficient (Wildman–Crippen LogP) is 1.22. The maximum absolute atomic E-state index is 15.2. The van der Waals surface area contributed by atoms with Crippen LogP contribution in [0.15, 0.2) is 15.7 Å². The van der Waals surface area contributed by atoms with E-state index in [1.807, 2.05) is 4.90 Å². The highest BCUT2D eigenvalue weighted by Gasteiger charge is 2.31. The van der Waals surface area contributed by atoms with Crippen LogP contribution in [-0.4, -0.2) is 33.8 Å². The maximum Gasteiger partial charge on any atom is 0.329 e. The van der Waals surface area contributed by atoms with Crippen molar-refractivity contribution in [1.29, 1.82) is 0 Å². The van der Waals surface area contributed by atoms with Crippen LogP contribution in [0.25, 0.3) is 10.9 Å². The molecule has 1 saturated carbocycles. The fourth-order valence-electron chi connectivity index (χ4n) is 4.29. The van der Waals surface area contributed by atoms with Gasteiger partial charge < -0.3 is 15.7 Å². The Hall–Kier alpha value is -2.19.